The van der Waals surface area contributed by atoms with Gasteiger partial charge >= 0.3 is 0 Å². The lowest BCUT2D eigenvalue weighted by Gasteiger charge is -2.29. The van der Waals surface area contributed by atoms with Crippen molar-refractivity contribution in [2.45, 2.75) is 13.8 Å². The summed E-state index contributed by atoms with van der Waals surface area (Å²) in [6.45, 7) is 8.48. The minimum absolute atomic E-state index is 1.01. The lowest BCUT2D eigenvalue weighted by molar-refractivity contribution is 0.588. The largest absolute Gasteiger partial charge is 0.368 e. The van der Waals surface area contributed by atoms with Gasteiger partial charge in [0.25, 0.3) is 0 Å². The number of benzene rings is 1. The van der Waals surface area contributed by atoms with Gasteiger partial charge in [-0.05, 0) is 26.0 Å². The molecule has 0 unspecified atom stereocenters. The van der Waals surface area contributed by atoms with Crippen LogP contribution in [0.1, 0.15) is 11.3 Å². The van der Waals surface area contributed by atoms with Gasteiger partial charge in [-0.1, -0.05) is 29.8 Å². The van der Waals surface area contributed by atoms with E-state index in [-0.39, 0.29) is 0 Å². The molecular formula is C19H22N4. The van der Waals surface area contributed by atoms with Gasteiger partial charge < -0.3 is 14.6 Å². The molecule has 0 saturated carbocycles. The van der Waals surface area contributed by atoms with Gasteiger partial charge in [0, 0.05) is 43.6 Å². The first-order valence-electron chi connectivity index (χ1n) is 8.24. The monoisotopic (exact) mass is 306 g/mol. The van der Waals surface area contributed by atoms with E-state index in [0.717, 1.165) is 37.5 Å². The van der Waals surface area contributed by atoms with Crippen LogP contribution in [0.3, 0.4) is 0 Å². The van der Waals surface area contributed by atoms with Crippen LogP contribution in [-0.2, 0) is 0 Å². The fourth-order valence-corrected chi connectivity index (χ4v) is 3.25. The van der Waals surface area contributed by atoms with Gasteiger partial charge in [-0.15, -0.1) is 0 Å². The second-order valence-electron chi connectivity index (χ2n) is 6.26. The molecule has 4 rings (SSSR count). The third-order valence-electron chi connectivity index (χ3n) is 4.65. The molecule has 2 aromatic heterocycles. The van der Waals surface area contributed by atoms with Gasteiger partial charge in [-0.2, -0.15) is 0 Å². The standard InChI is InChI=1S/C19H22N4/c1-14-3-5-16(6-4-14)19-15(2)23-13-17(7-8-18(23)21-19)22-11-9-20-10-12-22/h3-8,13,20H,9-12H2,1-2H3. The highest BCUT2D eigenvalue weighted by molar-refractivity contribution is 5.67. The zero-order chi connectivity index (χ0) is 15.8. The molecule has 0 spiro atoms. The van der Waals surface area contributed by atoms with Crippen LogP contribution in [0.25, 0.3) is 16.9 Å². The van der Waals surface area contributed by atoms with E-state index in [9.17, 15) is 0 Å². The Bertz CT molecular complexity index is 826. The highest BCUT2D eigenvalue weighted by Crippen LogP contribution is 2.26. The number of fused-ring (bicyclic) bond motifs is 1. The Labute approximate surface area is 136 Å². The van der Waals surface area contributed by atoms with Crippen LogP contribution in [0.5, 0.6) is 0 Å². The van der Waals surface area contributed by atoms with Crippen molar-refractivity contribution in [2.24, 2.45) is 0 Å². The number of pyridine rings is 1. The minimum Gasteiger partial charge on any atom is -0.368 e. The molecule has 3 aromatic rings. The summed E-state index contributed by atoms with van der Waals surface area (Å²) in [6, 6.07) is 12.9. The Morgan fingerprint density at radius 2 is 1.70 bits per heavy atom. The van der Waals surface area contributed by atoms with Gasteiger partial charge in [0.05, 0.1) is 11.4 Å². The third kappa shape index (κ3) is 2.59. The number of aromatic nitrogens is 2. The first-order valence-corrected chi connectivity index (χ1v) is 8.24. The van der Waals surface area contributed by atoms with Crippen molar-refractivity contribution in [1.29, 1.82) is 0 Å². The number of aryl methyl sites for hydroxylation is 2. The van der Waals surface area contributed by atoms with Crippen LogP contribution in [-0.4, -0.2) is 35.6 Å². The second kappa shape index (κ2) is 5.70. The predicted molar refractivity (Wildman–Crippen MR) is 95.2 cm³/mol. The van der Waals surface area contributed by atoms with Crippen molar-refractivity contribution in [3.05, 3.63) is 53.9 Å². The van der Waals surface area contributed by atoms with E-state index in [1.165, 1.54) is 22.5 Å². The van der Waals surface area contributed by atoms with Crippen molar-refractivity contribution in [2.75, 3.05) is 31.1 Å². The van der Waals surface area contributed by atoms with E-state index in [1.807, 2.05) is 0 Å². The van der Waals surface area contributed by atoms with E-state index >= 15 is 0 Å². The number of anilines is 1. The van der Waals surface area contributed by atoms with Crippen LogP contribution in [0, 0.1) is 13.8 Å². The number of imidazole rings is 1. The average Bonchev–Trinajstić information content (AvgIpc) is 2.93. The molecule has 0 atom stereocenters. The second-order valence-corrected chi connectivity index (χ2v) is 6.26. The van der Waals surface area contributed by atoms with E-state index in [4.69, 9.17) is 4.98 Å². The summed E-state index contributed by atoms with van der Waals surface area (Å²) in [5.74, 6) is 0. The number of hydrogen-bond acceptors (Lipinski definition) is 3. The Morgan fingerprint density at radius 3 is 2.43 bits per heavy atom. The summed E-state index contributed by atoms with van der Waals surface area (Å²) < 4.78 is 2.21. The summed E-state index contributed by atoms with van der Waals surface area (Å²) in [7, 11) is 0. The summed E-state index contributed by atoms with van der Waals surface area (Å²) in [4.78, 5) is 7.26. The fourth-order valence-electron chi connectivity index (χ4n) is 3.25. The molecule has 0 aliphatic carbocycles. The van der Waals surface area contributed by atoms with Gasteiger partial charge in [0.15, 0.2) is 0 Å². The molecule has 3 heterocycles. The Kier molecular flexibility index (Phi) is 3.54. The predicted octanol–water partition coefficient (Wildman–Crippen LogP) is 3.03. The number of rotatable bonds is 2. The van der Waals surface area contributed by atoms with Crippen LogP contribution in [0.4, 0.5) is 5.69 Å². The van der Waals surface area contributed by atoms with Crippen molar-refractivity contribution in [1.82, 2.24) is 14.7 Å². The normalized spacial score (nSPS) is 15.3. The van der Waals surface area contributed by atoms with Crippen molar-refractivity contribution >= 4 is 11.3 Å². The molecule has 1 aromatic carbocycles. The Morgan fingerprint density at radius 1 is 0.957 bits per heavy atom. The summed E-state index contributed by atoms with van der Waals surface area (Å²) >= 11 is 0. The maximum atomic E-state index is 4.83. The van der Waals surface area contributed by atoms with Gasteiger partial charge in [-0.3, -0.25) is 0 Å². The highest BCUT2D eigenvalue weighted by atomic mass is 15.2. The summed E-state index contributed by atoms with van der Waals surface area (Å²) in [5.41, 5.74) is 7.01. The van der Waals surface area contributed by atoms with Gasteiger partial charge in [-0.25, -0.2) is 4.98 Å². The summed E-state index contributed by atoms with van der Waals surface area (Å²) in [5, 5.41) is 3.40. The van der Waals surface area contributed by atoms with Crippen molar-refractivity contribution in [3.63, 3.8) is 0 Å². The van der Waals surface area contributed by atoms with Crippen molar-refractivity contribution < 1.29 is 0 Å². The highest BCUT2D eigenvalue weighted by Gasteiger charge is 2.14. The molecule has 1 saturated heterocycles. The van der Waals surface area contributed by atoms with Crippen LogP contribution >= 0.6 is 0 Å². The minimum atomic E-state index is 1.01. The number of nitrogens with zero attached hydrogens (tertiary/aromatic N) is 3. The van der Waals surface area contributed by atoms with Crippen LogP contribution in [0.15, 0.2) is 42.6 Å². The maximum absolute atomic E-state index is 4.83. The first-order chi connectivity index (χ1) is 11.2. The van der Waals surface area contributed by atoms with Gasteiger partial charge in [0.2, 0.25) is 0 Å². The Hall–Kier alpha value is -2.33. The average molecular weight is 306 g/mol. The third-order valence-corrected chi connectivity index (χ3v) is 4.65. The van der Waals surface area contributed by atoms with Crippen LogP contribution < -0.4 is 10.2 Å². The molecule has 1 fully saturated rings. The van der Waals surface area contributed by atoms with Gasteiger partial charge in [0.1, 0.15) is 5.65 Å². The molecule has 118 valence electrons. The molecule has 0 radical (unpaired) electrons. The van der Waals surface area contributed by atoms with E-state index in [1.54, 1.807) is 0 Å². The molecule has 4 nitrogen and oxygen atoms in total. The molecule has 1 N–H and O–H groups in total. The SMILES string of the molecule is Cc1ccc(-c2nc3ccc(N4CCNCC4)cn3c2C)cc1. The molecule has 1 aliphatic rings. The molecule has 23 heavy (non-hydrogen) atoms. The molecular weight excluding hydrogens is 284 g/mol. The number of hydrogen-bond donors (Lipinski definition) is 1. The van der Waals surface area contributed by atoms with E-state index in [2.05, 4.69) is 71.1 Å². The van der Waals surface area contributed by atoms with E-state index < -0.39 is 0 Å². The first kappa shape index (κ1) is 14.3. The lowest BCUT2D eigenvalue weighted by Crippen LogP contribution is -2.43. The van der Waals surface area contributed by atoms with Crippen LogP contribution in [0.2, 0.25) is 0 Å². The lowest BCUT2D eigenvalue weighted by atomic mass is 10.1. The molecule has 0 bridgehead atoms. The molecule has 1 aliphatic heterocycles. The topological polar surface area (TPSA) is 32.6 Å². The smallest absolute Gasteiger partial charge is 0.137 e. The quantitative estimate of drug-likeness (QED) is 0.790. The van der Waals surface area contributed by atoms with Crippen molar-refractivity contribution in [3.8, 4) is 11.3 Å². The van der Waals surface area contributed by atoms with E-state index in [0.29, 0.717) is 0 Å². The zero-order valence-electron chi connectivity index (χ0n) is 13.7. The fraction of sp³-hybridized carbons (Fsp3) is 0.316. The Balaban J connectivity index is 1.76. The summed E-state index contributed by atoms with van der Waals surface area (Å²) in [6.07, 6.45) is 2.22. The number of nitrogens with one attached hydrogen (secondary N) is 1. The zero-order valence-corrected chi connectivity index (χ0v) is 13.7. The molecule has 4 heteroatoms. The maximum Gasteiger partial charge on any atom is 0.137 e. The molecule has 0 amide bonds. The number of piperazine rings is 1.